The van der Waals surface area contributed by atoms with Crippen LogP contribution in [0.4, 0.5) is 4.39 Å². The Balaban J connectivity index is 1.59. The fourth-order valence-corrected chi connectivity index (χ4v) is 3.64. The van der Waals surface area contributed by atoms with Crippen LogP contribution in [-0.4, -0.2) is 32.7 Å². The van der Waals surface area contributed by atoms with Crippen LogP contribution in [0.5, 0.6) is 0 Å². The predicted octanol–water partition coefficient (Wildman–Crippen LogP) is 3.73. The number of hydrogen-bond donors (Lipinski definition) is 1. The first-order chi connectivity index (χ1) is 13.0. The van der Waals surface area contributed by atoms with Crippen molar-refractivity contribution in [3.63, 3.8) is 0 Å². The lowest BCUT2D eigenvalue weighted by molar-refractivity contribution is -0.131. The number of H-pyrrole nitrogens is 1. The van der Waals surface area contributed by atoms with Crippen LogP contribution in [-0.2, 0) is 11.2 Å². The van der Waals surface area contributed by atoms with Gasteiger partial charge < -0.3 is 9.42 Å². The molecule has 1 saturated heterocycles. The molecule has 1 fully saturated rings. The van der Waals surface area contributed by atoms with Crippen LogP contribution in [0.25, 0.3) is 11.3 Å². The lowest BCUT2D eigenvalue weighted by Crippen LogP contribution is -2.32. The van der Waals surface area contributed by atoms with E-state index in [0.717, 1.165) is 40.9 Å². The number of nitrogens with zero attached hydrogens (tertiary/aromatic N) is 3. The van der Waals surface area contributed by atoms with E-state index in [1.54, 1.807) is 18.3 Å². The normalized spacial score (nSPS) is 16.9. The third-order valence-corrected chi connectivity index (χ3v) is 5.25. The number of hydrogen-bond acceptors (Lipinski definition) is 4. The molecule has 0 radical (unpaired) electrons. The molecule has 1 amide bonds. The molecule has 4 rings (SSSR count). The van der Waals surface area contributed by atoms with Crippen molar-refractivity contribution in [3.05, 3.63) is 58.8 Å². The quantitative estimate of drug-likeness (QED) is 0.761. The van der Waals surface area contributed by atoms with Gasteiger partial charge in [0.2, 0.25) is 5.91 Å². The van der Waals surface area contributed by atoms with Gasteiger partial charge in [0.25, 0.3) is 0 Å². The van der Waals surface area contributed by atoms with Crippen LogP contribution in [0.15, 0.2) is 35.0 Å². The van der Waals surface area contributed by atoms with Gasteiger partial charge in [0.05, 0.1) is 35.6 Å². The summed E-state index contributed by atoms with van der Waals surface area (Å²) in [6.07, 6.45) is 3.76. The number of rotatable bonds is 4. The molecule has 3 heterocycles. The summed E-state index contributed by atoms with van der Waals surface area (Å²) in [6.45, 7) is 4.55. The number of aromatic nitrogens is 3. The van der Waals surface area contributed by atoms with Crippen molar-refractivity contribution in [2.75, 3.05) is 6.54 Å². The van der Waals surface area contributed by atoms with E-state index in [0.29, 0.717) is 12.3 Å². The second-order valence-electron chi connectivity index (χ2n) is 6.97. The number of aryl methyl sites for hydroxylation is 1. The van der Waals surface area contributed by atoms with Crippen LogP contribution < -0.4 is 0 Å². The lowest BCUT2D eigenvalue weighted by atomic mass is 10.0. The summed E-state index contributed by atoms with van der Waals surface area (Å²) in [5.74, 6) is 0.411. The zero-order valence-corrected chi connectivity index (χ0v) is 15.3. The highest BCUT2D eigenvalue weighted by Crippen LogP contribution is 2.38. The van der Waals surface area contributed by atoms with Gasteiger partial charge in [-0.3, -0.25) is 9.89 Å². The summed E-state index contributed by atoms with van der Waals surface area (Å²) >= 11 is 0. The third kappa shape index (κ3) is 3.25. The highest BCUT2D eigenvalue weighted by atomic mass is 19.1. The van der Waals surface area contributed by atoms with Gasteiger partial charge >= 0.3 is 0 Å². The standard InChI is InChI=1S/C20H21FN4O2/c1-12-13(2)24-27-20(12)16-11-22-23-19(16)17-4-3-9-25(17)18(26)10-14-5-7-15(21)8-6-14/h5-8,11,17H,3-4,9-10H2,1-2H3,(H,22,23)/t17-/m1/s1. The van der Waals surface area contributed by atoms with E-state index in [1.807, 2.05) is 18.7 Å². The Kier molecular flexibility index (Phi) is 4.51. The topological polar surface area (TPSA) is 75.0 Å². The summed E-state index contributed by atoms with van der Waals surface area (Å²) in [7, 11) is 0. The molecule has 140 valence electrons. The molecule has 0 aliphatic carbocycles. The number of amides is 1. The van der Waals surface area contributed by atoms with Crippen LogP contribution in [0.1, 0.15) is 41.4 Å². The van der Waals surface area contributed by atoms with Crippen molar-refractivity contribution >= 4 is 5.91 Å². The van der Waals surface area contributed by atoms with Crippen molar-refractivity contribution in [3.8, 4) is 11.3 Å². The number of aromatic amines is 1. The molecule has 7 heteroatoms. The van der Waals surface area contributed by atoms with Gasteiger partial charge in [0.1, 0.15) is 5.82 Å². The molecule has 27 heavy (non-hydrogen) atoms. The van der Waals surface area contributed by atoms with Crippen LogP contribution in [0.3, 0.4) is 0 Å². The molecule has 1 atom stereocenters. The Labute approximate surface area is 156 Å². The highest BCUT2D eigenvalue weighted by Gasteiger charge is 2.33. The summed E-state index contributed by atoms with van der Waals surface area (Å²) in [5, 5.41) is 11.3. The van der Waals surface area contributed by atoms with Crippen LogP contribution in [0, 0.1) is 19.7 Å². The Bertz CT molecular complexity index is 961. The Hall–Kier alpha value is -2.96. The molecule has 1 aliphatic rings. The van der Waals surface area contributed by atoms with Gasteiger partial charge in [0, 0.05) is 12.1 Å². The van der Waals surface area contributed by atoms with Gasteiger partial charge in [-0.1, -0.05) is 17.3 Å². The SMILES string of the molecule is Cc1noc(-c2cn[nH]c2[C@H]2CCCN2C(=O)Cc2ccc(F)cc2)c1C. The first-order valence-corrected chi connectivity index (χ1v) is 9.05. The maximum Gasteiger partial charge on any atom is 0.227 e. The average molecular weight is 368 g/mol. The van der Waals surface area contributed by atoms with E-state index in [1.165, 1.54) is 12.1 Å². The molecule has 0 spiro atoms. The number of carbonyl (C=O) groups is 1. The van der Waals surface area contributed by atoms with E-state index in [9.17, 15) is 9.18 Å². The zero-order valence-electron chi connectivity index (χ0n) is 15.3. The minimum Gasteiger partial charge on any atom is -0.356 e. The first kappa shape index (κ1) is 17.5. The van der Waals surface area contributed by atoms with E-state index in [4.69, 9.17) is 4.52 Å². The molecule has 0 unspecified atom stereocenters. The Morgan fingerprint density at radius 1 is 1.33 bits per heavy atom. The number of nitrogens with one attached hydrogen (secondary N) is 1. The minimum absolute atomic E-state index is 0.0233. The van der Waals surface area contributed by atoms with Crippen molar-refractivity contribution < 1.29 is 13.7 Å². The Morgan fingerprint density at radius 2 is 2.11 bits per heavy atom. The number of halogens is 1. The summed E-state index contributed by atoms with van der Waals surface area (Å²) in [4.78, 5) is 14.8. The fraction of sp³-hybridized carbons (Fsp3) is 0.350. The van der Waals surface area contributed by atoms with Crippen molar-refractivity contribution in [2.45, 2.75) is 39.2 Å². The van der Waals surface area contributed by atoms with E-state index >= 15 is 0 Å². The average Bonchev–Trinajstić information content (AvgIpc) is 3.37. The zero-order chi connectivity index (χ0) is 19.0. The molecule has 1 aliphatic heterocycles. The lowest BCUT2D eigenvalue weighted by Gasteiger charge is -2.24. The summed E-state index contributed by atoms with van der Waals surface area (Å²) in [5.41, 5.74) is 4.34. The molecule has 1 aromatic carbocycles. The third-order valence-electron chi connectivity index (χ3n) is 5.25. The van der Waals surface area contributed by atoms with Crippen LogP contribution in [0.2, 0.25) is 0 Å². The summed E-state index contributed by atoms with van der Waals surface area (Å²) in [6, 6.07) is 5.99. The molecular formula is C20H21FN4O2. The maximum atomic E-state index is 13.1. The molecule has 1 N–H and O–H groups in total. The molecule has 0 bridgehead atoms. The van der Waals surface area contributed by atoms with Crippen LogP contribution >= 0.6 is 0 Å². The summed E-state index contributed by atoms with van der Waals surface area (Å²) < 4.78 is 18.6. The van der Waals surface area contributed by atoms with Gasteiger partial charge in [0.15, 0.2) is 5.76 Å². The molecule has 3 aromatic rings. The fourth-order valence-electron chi connectivity index (χ4n) is 3.64. The van der Waals surface area contributed by atoms with E-state index < -0.39 is 0 Å². The van der Waals surface area contributed by atoms with Gasteiger partial charge in [-0.25, -0.2) is 4.39 Å². The Morgan fingerprint density at radius 3 is 2.81 bits per heavy atom. The van der Waals surface area contributed by atoms with Gasteiger partial charge in [-0.2, -0.15) is 5.10 Å². The number of benzene rings is 1. The van der Waals surface area contributed by atoms with Gasteiger partial charge in [-0.15, -0.1) is 0 Å². The maximum absolute atomic E-state index is 13.1. The largest absolute Gasteiger partial charge is 0.356 e. The van der Waals surface area contributed by atoms with E-state index in [2.05, 4.69) is 15.4 Å². The first-order valence-electron chi connectivity index (χ1n) is 9.05. The molecule has 2 aromatic heterocycles. The second kappa shape index (κ2) is 6.98. The molecule has 0 saturated carbocycles. The minimum atomic E-state index is -0.301. The number of likely N-dealkylation sites (tertiary alicyclic amines) is 1. The number of carbonyl (C=O) groups excluding carboxylic acids is 1. The van der Waals surface area contributed by atoms with E-state index in [-0.39, 0.29) is 24.2 Å². The van der Waals surface area contributed by atoms with Crippen molar-refractivity contribution in [2.24, 2.45) is 0 Å². The molecule has 6 nitrogen and oxygen atoms in total. The van der Waals surface area contributed by atoms with Gasteiger partial charge in [-0.05, 0) is 44.4 Å². The predicted molar refractivity (Wildman–Crippen MR) is 97.4 cm³/mol. The van der Waals surface area contributed by atoms with Crippen molar-refractivity contribution in [1.29, 1.82) is 0 Å². The highest BCUT2D eigenvalue weighted by molar-refractivity contribution is 5.80. The van der Waals surface area contributed by atoms with Crippen molar-refractivity contribution in [1.82, 2.24) is 20.3 Å². The second-order valence-corrected chi connectivity index (χ2v) is 6.97. The monoisotopic (exact) mass is 368 g/mol. The smallest absolute Gasteiger partial charge is 0.227 e. The molecular weight excluding hydrogens is 347 g/mol.